The molecule has 0 amide bonds. The molecule has 0 aromatic carbocycles. The molecule has 1 saturated carbocycles. The van der Waals surface area contributed by atoms with E-state index in [1.54, 1.807) is 0 Å². The molecular formula is C10H22N2. The summed E-state index contributed by atoms with van der Waals surface area (Å²) < 4.78 is 0. The standard InChI is InChI=1S/C10H22N2/c1-9(2)5-4-8(7-11)6-10(9,3)12/h8H,4-7,11-12H2,1-3H3. The fourth-order valence-electron chi connectivity index (χ4n) is 2.03. The maximum atomic E-state index is 6.27. The average molecular weight is 170 g/mol. The van der Waals surface area contributed by atoms with Crippen LogP contribution in [0.5, 0.6) is 0 Å². The van der Waals surface area contributed by atoms with E-state index in [4.69, 9.17) is 11.5 Å². The molecule has 2 nitrogen and oxygen atoms in total. The first-order chi connectivity index (χ1) is 5.39. The summed E-state index contributed by atoms with van der Waals surface area (Å²) in [5, 5.41) is 0. The molecule has 72 valence electrons. The molecular weight excluding hydrogens is 148 g/mol. The van der Waals surface area contributed by atoms with Gasteiger partial charge >= 0.3 is 0 Å². The van der Waals surface area contributed by atoms with Gasteiger partial charge in [0.15, 0.2) is 0 Å². The van der Waals surface area contributed by atoms with Crippen molar-refractivity contribution in [1.82, 2.24) is 0 Å². The maximum Gasteiger partial charge on any atom is 0.0180 e. The van der Waals surface area contributed by atoms with Crippen molar-refractivity contribution >= 4 is 0 Å². The van der Waals surface area contributed by atoms with Crippen LogP contribution in [0.2, 0.25) is 0 Å². The van der Waals surface area contributed by atoms with Crippen LogP contribution in [-0.2, 0) is 0 Å². The molecule has 1 aliphatic carbocycles. The van der Waals surface area contributed by atoms with Gasteiger partial charge in [-0.05, 0) is 44.1 Å². The van der Waals surface area contributed by atoms with Gasteiger partial charge in [0, 0.05) is 5.54 Å². The minimum atomic E-state index is -0.0325. The lowest BCUT2D eigenvalue weighted by molar-refractivity contribution is 0.0820. The predicted octanol–water partition coefficient (Wildman–Crippen LogP) is 1.49. The highest BCUT2D eigenvalue weighted by atomic mass is 14.8. The lowest BCUT2D eigenvalue weighted by atomic mass is 9.62. The lowest BCUT2D eigenvalue weighted by Crippen LogP contribution is -2.54. The molecule has 0 bridgehead atoms. The molecule has 2 heteroatoms. The second-order valence-corrected chi connectivity index (χ2v) is 5.15. The monoisotopic (exact) mass is 170 g/mol. The molecule has 0 saturated heterocycles. The predicted molar refractivity (Wildman–Crippen MR) is 52.8 cm³/mol. The van der Waals surface area contributed by atoms with Crippen LogP contribution in [0, 0.1) is 11.3 Å². The molecule has 1 rings (SSSR count). The van der Waals surface area contributed by atoms with Crippen LogP contribution in [0.25, 0.3) is 0 Å². The van der Waals surface area contributed by atoms with Gasteiger partial charge in [-0.2, -0.15) is 0 Å². The molecule has 0 aromatic rings. The van der Waals surface area contributed by atoms with E-state index in [1.807, 2.05) is 0 Å². The van der Waals surface area contributed by atoms with E-state index >= 15 is 0 Å². The third-order valence-electron chi connectivity index (χ3n) is 3.77. The van der Waals surface area contributed by atoms with Crippen molar-refractivity contribution < 1.29 is 0 Å². The number of hydrogen-bond acceptors (Lipinski definition) is 2. The van der Waals surface area contributed by atoms with Gasteiger partial charge in [-0.3, -0.25) is 0 Å². The van der Waals surface area contributed by atoms with Crippen molar-refractivity contribution in [2.45, 2.75) is 45.6 Å². The summed E-state index contributed by atoms with van der Waals surface area (Å²) in [6.07, 6.45) is 3.54. The van der Waals surface area contributed by atoms with E-state index in [1.165, 1.54) is 12.8 Å². The quantitative estimate of drug-likeness (QED) is 0.626. The first-order valence-electron chi connectivity index (χ1n) is 4.88. The second kappa shape index (κ2) is 3.00. The summed E-state index contributed by atoms with van der Waals surface area (Å²) in [6, 6.07) is 0. The van der Waals surface area contributed by atoms with Crippen molar-refractivity contribution in [2.24, 2.45) is 22.8 Å². The summed E-state index contributed by atoms with van der Waals surface area (Å²) in [5.74, 6) is 0.646. The molecule has 2 atom stereocenters. The van der Waals surface area contributed by atoms with Gasteiger partial charge < -0.3 is 11.5 Å². The van der Waals surface area contributed by atoms with Crippen LogP contribution in [0.4, 0.5) is 0 Å². The summed E-state index contributed by atoms with van der Waals surface area (Å²) in [6.45, 7) is 7.48. The zero-order valence-electron chi connectivity index (χ0n) is 8.56. The first-order valence-corrected chi connectivity index (χ1v) is 4.88. The zero-order valence-corrected chi connectivity index (χ0v) is 8.56. The van der Waals surface area contributed by atoms with Crippen LogP contribution < -0.4 is 11.5 Å². The highest BCUT2D eigenvalue weighted by molar-refractivity contribution is 4.99. The minimum absolute atomic E-state index is 0.0325. The van der Waals surface area contributed by atoms with Crippen molar-refractivity contribution in [1.29, 1.82) is 0 Å². The van der Waals surface area contributed by atoms with E-state index in [2.05, 4.69) is 20.8 Å². The average Bonchev–Trinajstić information content (AvgIpc) is 1.95. The van der Waals surface area contributed by atoms with Crippen LogP contribution in [0.15, 0.2) is 0 Å². The molecule has 0 spiro atoms. The van der Waals surface area contributed by atoms with Gasteiger partial charge in [0.1, 0.15) is 0 Å². The Labute approximate surface area is 75.7 Å². The Morgan fingerprint density at radius 2 is 1.92 bits per heavy atom. The van der Waals surface area contributed by atoms with E-state index in [0.717, 1.165) is 13.0 Å². The van der Waals surface area contributed by atoms with E-state index < -0.39 is 0 Å². The SMILES string of the molecule is CC1(C)CCC(CN)CC1(C)N. The van der Waals surface area contributed by atoms with Gasteiger partial charge in [-0.1, -0.05) is 13.8 Å². The molecule has 0 radical (unpaired) electrons. The van der Waals surface area contributed by atoms with Crippen LogP contribution in [-0.4, -0.2) is 12.1 Å². The van der Waals surface area contributed by atoms with Crippen LogP contribution >= 0.6 is 0 Å². The van der Waals surface area contributed by atoms with Crippen molar-refractivity contribution in [2.75, 3.05) is 6.54 Å². The molecule has 1 aliphatic rings. The van der Waals surface area contributed by atoms with Crippen molar-refractivity contribution in [3.05, 3.63) is 0 Å². The Kier molecular flexibility index (Phi) is 2.50. The Morgan fingerprint density at radius 3 is 2.33 bits per heavy atom. The number of rotatable bonds is 1. The number of hydrogen-bond donors (Lipinski definition) is 2. The smallest absolute Gasteiger partial charge is 0.0180 e. The molecule has 0 heterocycles. The summed E-state index contributed by atoms with van der Waals surface area (Å²) in [5.41, 5.74) is 12.2. The first kappa shape index (κ1) is 10.0. The third kappa shape index (κ3) is 1.64. The van der Waals surface area contributed by atoms with Gasteiger partial charge in [-0.15, -0.1) is 0 Å². The third-order valence-corrected chi connectivity index (χ3v) is 3.77. The Morgan fingerprint density at radius 1 is 1.33 bits per heavy atom. The highest BCUT2D eigenvalue weighted by Gasteiger charge is 2.42. The molecule has 12 heavy (non-hydrogen) atoms. The van der Waals surface area contributed by atoms with Gasteiger partial charge in [0.2, 0.25) is 0 Å². The zero-order chi connectivity index (χ0) is 9.41. The van der Waals surface area contributed by atoms with Crippen molar-refractivity contribution in [3.63, 3.8) is 0 Å². The fraction of sp³-hybridized carbons (Fsp3) is 1.00. The second-order valence-electron chi connectivity index (χ2n) is 5.15. The van der Waals surface area contributed by atoms with Gasteiger partial charge in [-0.25, -0.2) is 0 Å². The summed E-state index contributed by atoms with van der Waals surface area (Å²) in [4.78, 5) is 0. The number of nitrogens with two attached hydrogens (primary N) is 2. The van der Waals surface area contributed by atoms with Crippen LogP contribution in [0.3, 0.4) is 0 Å². The topological polar surface area (TPSA) is 52.0 Å². The molecule has 2 unspecified atom stereocenters. The fourth-order valence-corrected chi connectivity index (χ4v) is 2.03. The Hall–Kier alpha value is -0.0800. The summed E-state index contributed by atoms with van der Waals surface area (Å²) in [7, 11) is 0. The lowest BCUT2D eigenvalue weighted by Gasteiger charge is -2.48. The minimum Gasteiger partial charge on any atom is -0.330 e. The van der Waals surface area contributed by atoms with Gasteiger partial charge in [0.25, 0.3) is 0 Å². The Balaban J connectivity index is 2.68. The Bertz CT molecular complexity index is 161. The molecule has 1 fully saturated rings. The van der Waals surface area contributed by atoms with Gasteiger partial charge in [0.05, 0.1) is 0 Å². The molecule has 4 N–H and O–H groups in total. The van der Waals surface area contributed by atoms with Crippen LogP contribution in [0.1, 0.15) is 40.0 Å². The summed E-state index contributed by atoms with van der Waals surface area (Å²) >= 11 is 0. The largest absolute Gasteiger partial charge is 0.330 e. The van der Waals surface area contributed by atoms with Crippen molar-refractivity contribution in [3.8, 4) is 0 Å². The van der Waals surface area contributed by atoms with E-state index in [0.29, 0.717) is 5.92 Å². The molecule has 0 aromatic heterocycles. The van der Waals surface area contributed by atoms with E-state index in [-0.39, 0.29) is 11.0 Å². The highest BCUT2D eigenvalue weighted by Crippen LogP contribution is 2.43. The maximum absolute atomic E-state index is 6.27. The normalized spacial score (nSPS) is 41.2. The van der Waals surface area contributed by atoms with E-state index in [9.17, 15) is 0 Å². The molecule has 0 aliphatic heterocycles.